The molecule has 6 nitrogen and oxygen atoms in total. The van der Waals surface area contributed by atoms with E-state index >= 15 is 0 Å². The Morgan fingerprint density at radius 3 is 2.58 bits per heavy atom. The molecule has 0 fully saturated rings. The van der Waals surface area contributed by atoms with Gasteiger partial charge in [-0.25, -0.2) is 0 Å². The molecule has 1 atom stereocenters. The van der Waals surface area contributed by atoms with Crippen LogP contribution in [0.5, 0.6) is 11.5 Å². The van der Waals surface area contributed by atoms with Crippen molar-refractivity contribution in [3.05, 3.63) is 18.2 Å². The number of carbonyl (C=O) groups is 1. The lowest BCUT2D eigenvalue weighted by Gasteiger charge is -2.25. The maximum absolute atomic E-state index is 11.0. The molecule has 19 heavy (non-hydrogen) atoms. The number of ether oxygens (including phenoxy) is 2. The molecule has 0 aromatic heterocycles. The molecule has 106 valence electrons. The highest BCUT2D eigenvalue weighted by Crippen LogP contribution is 2.31. The Balaban J connectivity index is 2.96. The van der Waals surface area contributed by atoms with Gasteiger partial charge in [-0.2, -0.15) is 0 Å². The fourth-order valence-electron chi connectivity index (χ4n) is 1.76. The lowest BCUT2D eigenvalue weighted by Crippen LogP contribution is -2.43. The summed E-state index contributed by atoms with van der Waals surface area (Å²) >= 11 is 0. The average molecular weight is 268 g/mol. The second-order valence-corrected chi connectivity index (χ2v) is 4.10. The average Bonchev–Trinajstić information content (AvgIpc) is 2.43. The Morgan fingerprint density at radius 1 is 1.42 bits per heavy atom. The van der Waals surface area contributed by atoms with E-state index in [9.17, 15) is 4.79 Å². The summed E-state index contributed by atoms with van der Waals surface area (Å²) in [5.74, 6) is 0.471. The van der Waals surface area contributed by atoms with E-state index in [4.69, 9.17) is 14.6 Å². The first-order valence-electron chi connectivity index (χ1n) is 5.86. The van der Waals surface area contributed by atoms with Crippen molar-refractivity contribution in [2.75, 3.05) is 39.8 Å². The zero-order valence-corrected chi connectivity index (χ0v) is 11.6. The Hall–Kier alpha value is -1.95. The van der Waals surface area contributed by atoms with Crippen LogP contribution in [-0.4, -0.2) is 52.0 Å². The van der Waals surface area contributed by atoms with Gasteiger partial charge in [-0.05, 0) is 19.2 Å². The summed E-state index contributed by atoms with van der Waals surface area (Å²) in [6.45, 7) is 0.315. The van der Waals surface area contributed by atoms with Gasteiger partial charge in [0.05, 0.1) is 19.9 Å². The quantitative estimate of drug-likeness (QED) is 0.762. The number of aliphatic carboxylic acids is 1. The van der Waals surface area contributed by atoms with Crippen LogP contribution in [0.2, 0.25) is 0 Å². The molecule has 0 radical (unpaired) electrons. The molecule has 0 aliphatic carbocycles. The lowest BCUT2D eigenvalue weighted by atomic mass is 10.2. The molecule has 0 aliphatic heterocycles. The summed E-state index contributed by atoms with van der Waals surface area (Å²) < 4.78 is 10.4. The largest absolute Gasteiger partial charge is 0.497 e. The molecule has 0 spiro atoms. The second kappa shape index (κ2) is 6.84. The van der Waals surface area contributed by atoms with Crippen LogP contribution in [-0.2, 0) is 4.79 Å². The van der Waals surface area contributed by atoms with Crippen LogP contribution in [0.1, 0.15) is 0 Å². The Morgan fingerprint density at radius 2 is 2.11 bits per heavy atom. The van der Waals surface area contributed by atoms with E-state index in [1.54, 1.807) is 33.4 Å². The third kappa shape index (κ3) is 3.75. The molecule has 1 aromatic rings. The smallest absolute Gasteiger partial charge is 0.322 e. The highest BCUT2D eigenvalue weighted by molar-refractivity contribution is 5.75. The van der Waals surface area contributed by atoms with Crippen molar-refractivity contribution in [1.82, 2.24) is 5.32 Å². The minimum Gasteiger partial charge on any atom is -0.497 e. The molecule has 0 heterocycles. The lowest BCUT2D eigenvalue weighted by molar-refractivity contribution is -0.139. The van der Waals surface area contributed by atoms with E-state index in [2.05, 4.69) is 5.32 Å². The van der Waals surface area contributed by atoms with Gasteiger partial charge in [0, 0.05) is 19.7 Å². The summed E-state index contributed by atoms with van der Waals surface area (Å²) in [6.07, 6.45) is 0. The van der Waals surface area contributed by atoms with E-state index in [0.29, 0.717) is 18.0 Å². The van der Waals surface area contributed by atoms with Crippen molar-refractivity contribution in [2.24, 2.45) is 0 Å². The van der Waals surface area contributed by atoms with Gasteiger partial charge in [0.15, 0.2) is 0 Å². The molecule has 0 saturated carbocycles. The van der Waals surface area contributed by atoms with Crippen molar-refractivity contribution < 1.29 is 19.4 Å². The van der Waals surface area contributed by atoms with Gasteiger partial charge in [0.2, 0.25) is 0 Å². The molecule has 2 N–H and O–H groups in total. The minimum absolute atomic E-state index is 0.315. The molecule has 6 heteroatoms. The minimum atomic E-state index is -0.892. The number of carboxylic acid groups (broad SMARTS) is 1. The fraction of sp³-hybridized carbons (Fsp3) is 0.462. The number of likely N-dealkylation sites (N-methyl/N-ethyl adjacent to an activating group) is 2. The van der Waals surface area contributed by atoms with Crippen LogP contribution in [0.3, 0.4) is 0 Å². The number of nitrogens with zero attached hydrogens (tertiary/aromatic N) is 1. The van der Waals surface area contributed by atoms with E-state index in [1.807, 2.05) is 18.0 Å². The van der Waals surface area contributed by atoms with Gasteiger partial charge < -0.3 is 24.8 Å². The highest BCUT2D eigenvalue weighted by Gasteiger charge is 2.19. The first kappa shape index (κ1) is 15.1. The molecule has 0 bridgehead atoms. The van der Waals surface area contributed by atoms with Gasteiger partial charge in [-0.3, -0.25) is 4.79 Å². The standard InChI is InChI=1S/C13H20N2O4/c1-14-10(13(16)17)8-15(2)11-7-9(18-3)5-6-12(11)19-4/h5-7,10,14H,8H2,1-4H3,(H,16,17). The van der Waals surface area contributed by atoms with Gasteiger partial charge in [0.25, 0.3) is 0 Å². The van der Waals surface area contributed by atoms with Crippen LogP contribution in [0.15, 0.2) is 18.2 Å². The van der Waals surface area contributed by atoms with Gasteiger partial charge in [-0.15, -0.1) is 0 Å². The number of hydrogen-bond donors (Lipinski definition) is 2. The van der Waals surface area contributed by atoms with E-state index in [0.717, 1.165) is 5.69 Å². The normalized spacial score (nSPS) is 11.8. The van der Waals surface area contributed by atoms with Crippen LogP contribution < -0.4 is 19.7 Å². The molecule has 0 aliphatic rings. The van der Waals surface area contributed by atoms with Crippen molar-refractivity contribution in [3.63, 3.8) is 0 Å². The number of hydrogen-bond acceptors (Lipinski definition) is 5. The summed E-state index contributed by atoms with van der Waals surface area (Å²) in [5, 5.41) is 11.8. The highest BCUT2D eigenvalue weighted by atomic mass is 16.5. The predicted molar refractivity (Wildman–Crippen MR) is 73.3 cm³/mol. The summed E-state index contributed by atoms with van der Waals surface area (Å²) in [7, 11) is 6.59. The maximum Gasteiger partial charge on any atom is 0.322 e. The zero-order valence-electron chi connectivity index (χ0n) is 11.6. The molecule has 1 aromatic carbocycles. The number of anilines is 1. The summed E-state index contributed by atoms with van der Waals surface area (Å²) in [4.78, 5) is 12.8. The van der Waals surface area contributed by atoms with Crippen LogP contribution >= 0.6 is 0 Å². The topological polar surface area (TPSA) is 71.0 Å². The SMILES string of the molecule is CNC(CN(C)c1cc(OC)ccc1OC)C(=O)O. The van der Waals surface area contributed by atoms with Crippen molar-refractivity contribution in [1.29, 1.82) is 0 Å². The van der Waals surface area contributed by atoms with Crippen LogP contribution in [0.4, 0.5) is 5.69 Å². The zero-order chi connectivity index (χ0) is 14.4. The fourth-order valence-corrected chi connectivity index (χ4v) is 1.76. The third-order valence-electron chi connectivity index (χ3n) is 2.90. The van der Waals surface area contributed by atoms with E-state index in [1.165, 1.54) is 0 Å². The van der Waals surface area contributed by atoms with Gasteiger partial charge >= 0.3 is 5.97 Å². The van der Waals surface area contributed by atoms with Crippen molar-refractivity contribution >= 4 is 11.7 Å². The number of carboxylic acids is 1. The van der Waals surface area contributed by atoms with Crippen molar-refractivity contribution in [2.45, 2.75) is 6.04 Å². The predicted octanol–water partition coefficient (Wildman–Crippen LogP) is 0.813. The maximum atomic E-state index is 11.0. The van der Waals surface area contributed by atoms with Crippen molar-refractivity contribution in [3.8, 4) is 11.5 Å². The number of nitrogens with one attached hydrogen (secondary N) is 1. The Kier molecular flexibility index (Phi) is 5.44. The third-order valence-corrected chi connectivity index (χ3v) is 2.90. The molecule has 0 amide bonds. The number of methoxy groups -OCH3 is 2. The first-order chi connectivity index (χ1) is 9.03. The molecular weight excluding hydrogens is 248 g/mol. The van der Waals surface area contributed by atoms with E-state index in [-0.39, 0.29) is 0 Å². The molecular formula is C13H20N2O4. The Labute approximate surface area is 112 Å². The van der Waals surface area contributed by atoms with Crippen LogP contribution in [0.25, 0.3) is 0 Å². The first-order valence-corrected chi connectivity index (χ1v) is 5.86. The van der Waals surface area contributed by atoms with Gasteiger partial charge in [0.1, 0.15) is 17.5 Å². The van der Waals surface area contributed by atoms with Crippen LogP contribution in [0, 0.1) is 0 Å². The summed E-state index contributed by atoms with van der Waals surface area (Å²) in [6, 6.07) is 4.75. The molecule has 0 saturated heterocycles. The number of rotatable bonds is 7. The van der Waals surface area contributed by atoms with E-state index < -0.39 is 12.0 Å². The van der Waals surface area contributed by atoms with Gasteiger partial charge in [-0.1, -0.05) is 0 Å². The number of benzene rings is 1. The monoisotopic (exact) mass is 268 g/mol. The second-order valence-electron chi connectivity index (χ2n) is 4.10. The summed E-state index contributed by atoms with van der Waals surface area (Å²) in [5.41, 5.74) is 0.781. The molecule has 1 unspecified atom stereocenters. The Bertz CT molecular complexity index is 437. The molecule has 1 rings (SSSR count).